The average Bonchev–Trinajstić information content (AvgIpc) is 2.67. The molecule has 0 bridgehead atoms. The summed E-state index contributed by atoms with van der Waals surface area (Å²) in [5.41, 5.74) is 2.77. The Labute approximate surface area is 161 Å². The summed E-state index contributed by atoms with van der Waals surface area (Å²) in [7, 11) is 7.93. The molecule has 0 unspecified atom stereocenters. The van der Waals surface area contributed by atoms with E-state index in [1.54, 1.807) is 0 Å². The lowest BCUT2D eigenvalue weighted by Crippen LogP contribution is -2.49. The van der Waals surface area contributed by atoms with Gasteiger partial charge in [0.05, 0.1) is 0 Å². The Morgan fingerprint density at radius 1 is 0.926 bits per heavy atom. The van der Waals surface area contributed by atoms with Crippen molar-refractivity contribution in [1.82, 2.24) is 14.9 Å². The van der Waals surface area contributed by atoms with Crippen molar-refractivity contribution in [1.29, 1.82) is 0 Å². The van der Waals surface area contributed by atoms with Crippen LogP contribution < -0.4 is 14.7 Å². The topological polar surface area (TPSA) is 55.8 Å². The maximum Gasteiger partial charge on any atom is 0.253 e. The van der Waals surface area contributed by atoms with Gasteiger partial charge in [0.25, 0.3) is 5.91 Å². The number of hydrogen-bond donors (Lipinski definition) is 0. The van der Waals surface area contributed by atoms with Crippen molar-refractivity contribution >= 4 is 23.4 Å². The molecule has 2 heterocycles. The Balaban J connectivity index is 1.65. The van der Waals surface area contributed by atoms with Gasteiger partial charge in [-0.1, -0.05) is 0 Å². The van der Waals surface area contributed by atoms with E-state index in [2.05, 4.69) is 14.9 Å². The van der Waals surface area contributed by atoms with E-state index in [1.165, 1.54) is 0 Å². The predicted molar refractivity (Wildman–Crippen MR) is 110 cm³/mol. The SMILES string of the molecule is Cc1cc(N(C)C)nc(N2CCN(C(=O)c3ccc(N(C)C)cc3)CC2)n1. The summed E-state index contributed by atoms with van der Waals surface area (Å²) < 4.78 is 0. The molecular formula is C20H28N6O. The van der Waals surface area contributed by atoms with Crippen LogP contribution in [0.15, 0.2) is 30.3 Å². The molecule has 1 aliphatic heterocycles. The molecule has 0 spiro atoms. The number of nitrogens with zero attached hydrogens (tertiary/aromatic N) is 6. The zero-order chi connectivity index (χ0) is 19.6. The van der Waals surface area contributed by atoms with Crippen molar-refractivity contribution in [2.24, 2.45) is 0 Å². The first-order valence-electron chi connectivity index (χ1n) is 9.20. The number of amides is 1. The van der Waals surface area contributed by atoms with Crippen molar-refractivity contribution in [3.63, 3.8) is 0 Å². The summed E-state index contributed by atoms with van der Waals surface area (Å²) in [5.74, 6) is 1.72. The maximum absolute atomic E-state index is 12.8. The molecule has 0 N–H and O–H groups in total. The molecule has 1 fully saturated rings. The normalized spacial score (nSPS) is 14.3. The van der Waals surface area contributed by atoms with Gasteiger partial charge in [0.1, 0.15) is 5.82 Å². The zero-order valence-corrected chi connectivity index (χ0v) is 16.8. The number of benzene rings is 1. The van der Waals surface area contributed by atoms with Crippen molar-refractivity contribution in [2.45, 2.75) is 6.92 Å². The molecule has 1 amide bonds. The van der Waals surface area contributed by atoms with Gasteiger partial charge in [-0.3, -0.25) is 4.79 Å². The number of piperazine rings is 1. The van der Waals surface area contributed by atoms with E-state index in [9.17, 15) is 4.79 Å². The van der Waals surface area contributed by atoms with E-state index in [4.69, 9.17) is 0 Å². The first-order chi connectivity index (χ1) is 12.8. The molecule has 27 heavy (non-hydrogen) atoms. The van der Waals surface area contributed by atoms with Gasteiger partial charge >= 0.3 is 0 Å². The summed E-state index contributed by atoms with van der Waals surface area (Å²) in [6, 6.07) is 9.73. The summed E-state index contributed by atoms with van der Waals surface area (Å²) in [6.07, 6.45) is 0. The molecule has 1 aromatic heterocycles. The Bertz CT molecular complexity index is 795. The first-order valence-corrected chi connectivity index (χ1v) is 9.20. The number of rotatable bonds is 4. The number of anilines is 3. The molecule has 0 saturated carbocycles. The quantitative estimate of drug-likeness (QED) is 0.821. The molecule has 0 aliphatic carbocycles. The Hall–Kier alpha value is -2.83. The highest BCUT2D eigenvalue weighted by Crippen LogP contribution is 2.19. The monoisotopic (exact) mass is 368 g/mol. The standard InChI is InChI=1S/C20H28N6O/c1-15-14-18(24(4)5)22-20(21-15)26-12-10-25(11-13-26)19(27)16-6-8-17(9-7-16)23(2)3/h6-9,14H,10-13H2,1-5H3. The van der Waals surface area contributed by atoms with Crippen molar-refractivity contribution < 1.29 is 4.79 Å². The summed E-state index contributed by atoms with van der Waals surface area (Å²) in [4.78, 5) is 30.1. The fourth-order valence-electron chi connectivity index (χ4n) is 3.10. The third kappa shape index (κ3) is 4.30. The minimum absolute atomic E-state index is 0.0825. The van der Waals surface area contributed by atoms with Crippen LogP contribution in [0.1, 0.15) is 16.1 Å². The van der Waals surface area contributed by atoms with Crippen LogP contribution in [0.5, 0.6) is 0 Å². The molecule has 0 atom stereocenters. The zero-order valence-electron chi connectivity index (χ0n) is 16.8. The van der Waals surface area contributed by atoms with Crippen LogP contribution in [-0.4, -0.2) is 75.1 Å². The van der Waals surface area contributed by atoms with Crippen LogP contribution >= 0.6 is 0 Å². The van der Waals surface area contributed by atoms with Gasteiger partial charge in [-0.05, 0) is 31.2 Å². The molecule has 1 saturated heterocycles. The number of aryl methyl sites for hydroxylation is 1. The highest BCUT2D eigenvalue weighted by Gasteiger charge is 2.24. The van der Waals surface area contributed by atoms with Gasteiger partial charge in [-0.2, -0.15) is 4.98 Å². The molecule has 144 valence electrons. The van der Waals surface area contributed by atoms with Crippen molar-refractivity contribution in [3.8, 4) is 0 Å². The summed E-state index contributed by atoms with van der Waals surface area (Å²) >= 11 is 0. The van der Waals surface area contributed by atoms with E-state index in [-0.39, 0.29) is 5.91 Å². The van der Waals surface area contributed by atoms with Gasteiger partial charge in [-0.25, -0.2) is 4.98 Å². The third-order valence-corrected chi connectivity index (χ3v) is 4.77. The fourth-order valence-corrected chi connectivity index (χ4v) is 3.10. The Morgan fingerprint density at radius 2 is 1.56 bits per heavy atom. The van der Waals surface area contributed by atoms with Gasteiger partial charge in [0.2, 0.25) is 5.95 Å². The lowest BCUT2D eigenvalue weighted by Gasteiger charge is -2.35. The molecule has 7 heteroatoms. The number of carbonyl (C=O) groups is 1. The third-order valence-electron chi connectivity index (χ3n) is 4.77. The number of carbonyl (C=O) groups excluding carboxylic acids is 1. The highest BCUT2D eigenvalue weighted by atomic mass is 16.2. The predicted octanol–water partition coefficient (Wildman–Crippen LogP) is 1.88. The highest BCUT2D eigenvalue weighted by molar-refractivity contribution is 5.94. The summed E-state index contributed by atoms with van der Waals surface area (Å²) in [6.45, 7) is 4.79. The molecule has 3 rings (SSSR count). The van der Waals surface area contributed by atoms with Crippen molar-refractivity contribution in [3.05, 3.63) is 41.6 Å². The van der Waals surface area contributed by atoms with Gasteiger partial charge in [0, 0.05) is 77.4 Å². The maximum atomic E-state index is 12.8. The fraction of sp³-hybridized carbons (Fsp3) is 0.450. The number of aromatic nitrogens is 2. The van der Waals surface area contributed by atoms with E-state index in [0.717, 1.165) is 41.8 Å². The van der Waals surface area contributed by atoms with E-state index >= 15 is 0 Å². The van der Waals surface area contributed by atoms with E-state index < -0.39 is 0 Å². The van der Waals surface area contributed by atoms with E-state index in [1.807, 2.05) is 80.1 Å². The second kappa shape index (κ2) is 7.82. The largest absolute Gasteiger partial charge is 0.378 e. The summed E-state index contributed by atoms with van der Waals surface area (Å²) in [5, 5.41) is 0. The molecule has 1 aliphatic rings. The molecule has 7 nitrogen and oxygen atoms in total. The van der Waals surface area contributed by atoms with Crippen LogP contribution in [0, 0.1) is 6.92 Å². The van der Waals surface area contributed by atoms with Crippen LogP contribution in [-0.2, 0) is 0 Å². The van der Waals surface area contributed by atoms with Gasteiger partial charge in [0.15, 0.2) is 0 Å². The molecule has 0 radical (unpaired) electrons. The number of hydrogen-bond acceptors (Lipinski definition) is 6. The Morgan fingerprint density at radius 3 is 2.11 bits per heavy atom. The molecule has 2 aromatic rings. The molecule has 1 aromatic carbocycles. The van der Waals surface area contributed by atoms with Crippen LogP contribution in [0.2, 0.25) is 0 Å². The lowest BCUT2D eigenvalue weighted by molar-refractivity contribution is 0.0746. The minimum Gasteiger partial charge on any atom is -0.378 e. The van der Waals surface area contributed by atoms with Crippen LogP contribution in [0.3, 0.4) is 0 Å². The first kappa shape index (κ1) is 18.9. The Kier molecular flexibility index (Phi) is 5.48. The van der Waals surface area contributed by atoms with Gasteiger partial charge in [-0.15, -0.1) is 0 Å². The van der Waals surface area contributed by atoms with Gasteiger partial charge < -0.3 is 19.6 Å². The average molecular weight is 368 g/mol. The van der Waals surface area contributed by atoms with Crippen molar-refractivity contribution in [2.75, 3.05) is 69.1 Å². The van der Waals surface area contributed by atoms with Crippen LogP contribution in [0.4, 0.5) is 17.5 Å². The smallest absolute Gasteiger partial charge is 0.253 e. The van der Waals surface area contributed by atoms with Crippen LogP contribution in [0.25, 0.3) is 0 Å². The second-order valence-electron chi connectivity index (χ2n) is 7.28. The second-order valence-corrected chi connectivity index (χ2v) is 7.28. The molecular weight excluding hydrogens is 340 g/mol. The lowest BCUT2D eigenvalue weighted by atomic mass is 10.1. The minimum atomic E-state index is 0.0825. The van der Waals surface area contributed by atoms with E-state index in [0.29, 0.717) is 13.1 Å².